The van der Waals surface area contributed by atoms with Crippen molar-refractivity contribution in [1.29, 1.82) is 5.41 Å². The molecule has 18 heavy (non-hydrogen) atoms. The zero-order valence-electron chi connectivity index (χ0n) is 10.5. The van der Waals surface area contributed by atoms with Crippen LogP contribution >= 0.6 is 12.4 Å². The van der Waals surface area contributed by atoms with Gasteiger partial charge in [0.15, 0.2) is 11.9 Å². The molecule has 102 valence electrons. The SMILES string of the molecule is CCCCN=C(N)NC(=N)N.Cl.c1ccncc1. The third kappa shape index (κ3) is 14.2. The Hall–Kier alpha value is -1.82. The smallest absolute Gasteiger partial charge is 0.195 e. The number of nitrogens with one attached hydrogen (secondary N) is 2. The van der Waals surface area contributed by atoms with Crippen LogP contribution in [0, 0.1) is 5.41 Å². The number of pyridine rings is 1. The number of nitrogens with zero attached hydrogens (tertiary/aromatic N) is 2. The molecule has 0 aliphatic heterocycles. The summed E-state index contributed by atoms with van der Waals surface area (Å²) >= 11 is 0. The molecule has 0 amide bonds. The van der Waals surface area contributed by atoms with Crippen molar-refractivity contribution < 1.29 is 0 Å². The summed E-state index contributed by atoms with van der Waals surface area (Å²) in [5.74, 6) is 0.0358. The second-order valence-corrected chi connectivity index (χ2v) is 3.18. The van der Waals surface area contributed by atoms with Gasteiger partial charge in [-0.05, 0) is 18.6 Å². The van der Waals surface area contributed by atoms with Gasteiger partial charge in [0.25, 0.3) is 0 Å². The van der Waals surface area contributed by atoms with Gasteiger partial charge in [0.2, 0.25) is 0 Å². The van der Waals surface area contributed by atoms with Gasteiger partial charge < -0.3 is 11.5 Å². The van der Waals surface area contributed by atoms with Crippen LogP contribution < -0.4 is 16.8 Å². The maximum atomic E-state index is 6.81. The van der Waals surface area contributed by atoms with Crippen LogP contribution in [0.2, 0.25) is 0 Å². The predicted molar refractivity (Wildman–Crippen MR) is 77.9 cm³/mol. The number of hydrogen-bond donors (Lipinski definition) is 4. The Morgan fingerprint density at radius 3 is 2.22 bits per heavy atom. The summed E-state index contributed by atoms with van der Waals surface area (Å²) in [5.41, 5.74) is 10.3. The van der Waals surface area contributed by atoms with Crippen molar-refractivity contribution in [3.8, 4) is 0 Å². The van der Waals surface area contributed by atoms with E-state index in [2.05, 4.69) is 22.2 Å². The standard InChI is InChI=1S/C6H15N5.C5H5N.ClH/c1-2-3-4-10-6(9)11-5(7)8;1-2-4-6-5-3-1;/h2-4H2,1H3,(H6,7,8,9,10,11);1-5H;1H. The van der Waals surface area contributed by atoms with Gasteiger partial charge in [-0.25, -0.2) is 0 Å². The maximum Gasteiger partial charge on any atom is 0.195 e. The zero-order chi connectivity index (χ0) is 12.9. The first-order valence-electron chi connectivity index (χ1n) is 5.42. The van der Waals surface area contributed by atoms with Gasteiger partial charge in [-0.1, -0.05) is 19.4 Å². The Morgan fingerprint density at radius 1 is 1.28 bits per heavy atom. The lowest BCUT2D eigenvalue weighted by Gasteiger charge is -2.00. The highest BCUT2D eigenvalue weighted by Crippen LogP contribution is 1.85. The summed E-state index contributed by atoms with van der Waals surface area (Å²) in [6.07, 6.45) is 5.58. The van der Waals surface area contributed by atoms with E-state index in [0.29, 0.717) is 6.54 Å². The fourth-order valence-corrected chi connectivity index (χ4v) is 0.848. The Labute approximate surface area is 114 Å². The van der Waals surface area contributed by atoms with E-state index in [1.165, 1.54) is 0 Å². The summed E-state index contributed by atoms with van der Waals surface area (Å²) in [7, 11) is 0. The summed E-state index contributed by atoms with van der Waals surface area (Å²) in [5, 5.41) is 9.20. The fraction of sp³-hybridized carbons (Fsp3) is 0.364. The van der Waals surface area contributed by atoms with E-state index in [-0.39, 0.29) is 24.3 Å². The molecule has 6 N–H and O–H groups in total. The maximum absolute atomic E-state index is 6.81. The number of unbranched alkanes of at least 4 members (excludes halogenated alkanes) is 1. The van der Waals surface area contributed by atoms with E-state index in [4.69, 9.17) is 16.9 Å². The lowest BCUT2D eigenvalue weighted by atomic mass is 10.3. The van der Waals surface area contributed by atoms with E-state index in [1.54, 1.807) is 12.4 Å². The van der Waals surface area contributed by atoms with Crippen LogP contribution in [0.3, 0.4) is 0 Å². The molecule has 0 atom stereocenters. The number of rotatable bonds is 3. The fourth-order valence-electron chi connectivity index (χ4n) is 0.848. The molecule has 1 heterocycles. The highest BCUT2D eigenvalue weighted by molar-refractivity contribution is 5.95. The van der Waals surface area contributed by atoms with Crippen LogP contribution in [-0.4, -0.2) is 23.4 Å². The molecular formula is C11H21ClN6. The lowest BCUT2D eigenvalue weighted by molar-refractivity contribution is 0.804. The van der Waals surface area contributed by atoms with Crippen LogP contribution in [0.1, 0.15) is 19.8 Å². The lowest BCUT2D eigenvalue weighted by Crippen LogP contribution is -2.40. The average Bonchev–Trinajstić information content (AvgIpc) is 2.31. The molecule has 0 aliphatic carbocycles. The monoisotopic (exact) mass is 272 g/mol. The average molecular weight is 273 g/mol. The third-order valence-electron chi connectivity index (χ3n) is 1.62. The van der Waals surface area contributed by atoms with E-state index in [9.17, 15) is 0 Å². The molecule has 0 saturated carbocycles. The molecule has 0 radical (unpaired) electrons. The quantitative estimate of drug-likeness (QED) is 0.375. The Balaban J connectivity index is 0. The molecule has 6 nitrogen and oxygen atoms in total. The number of halogens is 1. The van der Waals surface area contributed by atoms with Crippen LogP contribution in [0.15, 0.2) is 35.6 Å². The molecule has 7 heteroatoms. The summed E-state index contributed by atoms with van der Waals surface area (Å²) in [6, 6.07) is 5.72. The second kappa shape index (κ2) is 13.2. The predicted octanol–water partition coefficient (Wildman–Crippen LogP) is 1.09. The van der Waals surface area contributed by atoms with Gasteiger partial charge in [0, 0.05) is 18.9 Å². The van der Waals surface area contributed by atoms with Crippen molar-refractivity contribution in [3.63, 3.8) is 0 Å². The van der Waals surface area contributed by atoms with E-state index in [0.717, 1.165) is 12.8 Å². The molecule has 0 unspecified atom stereocenters. The van der Waals surface area contributed by atoms with Crippen molar-refractivity contribution in [2.75, 3.05) is 6.54 Å². The van der Waals surface area contributed by atoms with Crippen LogP contribution in [-0.2, 0) is 0 Å². The number of hydrogen-bond acceptors (Lipinski definition) is 3. The van der Waals surface area contributed by atoms with E-state index < -0.39 is 0 Å². The second-order valence-electron chi connectivity index (χ2n) is 3.18. The minimum atomic E-state index is -0.178. The van der Waals surface area contributed by atoms with Gasteiger partial charge in [-0.15, -0.1) is 12.4 Å². The van der Waals surface area contributed by atoms with Crippen molar-refractivity contribution in [2.24, 2.45) is 16.5 Å². The molecule has 0 aromatic carbocycles. The largest absolute Gasteiger partial charge is 0.370 e. The summed E-state index contributed by atoms with van der Waals surface area (Å²) < 4.78 is 0. The van der Waals surface area contributed by atoms with Crippen LogP contribution in [0.4, 0.5) is 0 Å². The van der Waals surface area contributed by atoms with Crippen molar-refractivity contribution in [1.82, 2.24) is 10.3 Å². The van der Waals surface area contributed by atoms with Crippen LogP contribution in [0.5, 0.6) is 0 Å². The minimum Gasteiger partial charge on any atom is -0.370 e. The number of nitrogens with two attached hydrogens (primary N) is 2. The van der Waals surface area contributed by atoms with Crippen molar-refractivity contribution >= 4 is 24.3 Å². The van der Waals surface area contributed by atoms with Gasteiger partial charge in [0.05, 0.1) is 0 Å². The van der Waals surface area contributed by atoms with E-state index >= 15 is 0 Å². The topological polar surface area (TPSA) is 113 Å². The first-order chi connectivity index (χ1) is 8.16. The van der Waals surface area contributed by atoms with Gasteiger partial charge in [0.1, 0.15) is 0 Å². The highest BCUT2D eigenvalue weighted by Gasteiger charge is 1.90. The Kier molecular flexibility index (Phi) is 13.6. The number of aromatic nitrogens is 1. The molecule has 1 aromatic heterocycles. The minimum absolute atomic E-state index is 0. The van der Waals surface area contributed by atoms with Gasteiger partial charge >= 0.3 is 0 Å². The molecule has 0 bridgehead atoms. The molecule has 0 fully saturated rings. The Bertz CT molecular complexity index is 301. The molecule has 1 aromatic rings. The van der Waals surface area contributed by atoms with Crippen molar-refractivity contribution in [2.45, 2.75) is 19.8 Å². The third-order valence-corrected chi connectivity index (χ3v) is 1.62. The normalized spacial score (nSPS) is 9.50. The zero-order valence-corrected chi connectivity index (χ0v) is 11.3. The Morgan fingerprint density at radius 2 is 1.89 bits per heavy atom. The summed E-state index contributed by atoms with van der Waals surface area (Å²) in [4.78, 5) is 7.70. The van der Waals surface area contributed by atoms with Gasteiger partial charge in [-0.2, -0.15) is 0 Å². The number of guanidine groups is 2. The molecule has 0 saturated heterocycles. The molecule has 0 aliphatic rings. The van der Waals surface area contributed by atoms with Crippen LogP contribution in [0.25, 0.3) is 0 Å². The molecular weight excluding hydrogens is 252 g/mol. The van der Waals surface area contributed by atoms with E-state index in [1.807, 2.05) is 18.2 Å². The molecule has 1 rings (SSSR count). The van der Waals surface area contributed by atoms with Crippen molar-refractivity contribution in [3.05, 3.63) is 30.6 Å². The number of aliphatic imine (C=N–C) groups is 1. The van der Waals surface area contributed by atoms with Gasteiger partial charge in [-0.3, -0.25) is 20.7 Å². The molecule has 0 spiro atoms. The highest BCUT2D eigenvalue weighted by atomic mass is 35.5. The summed E-state index contributed by atoms with van der Waals surface area (Å²) in [6.45, 7) is 2.76. The first-order valence-corrected chi connectivity index (χ1v) is 5.42. The first kappa shape index (κ1) is 18.5.